The molecule has 0 saturated heterocycles. The number of fused-ring (bicyclic) bond motifs is 2. The van der Waals surface area contributed by atoms with E-state index < -0.39 is 12.0 Å². The zero-order valence-corrected chi connectivity index (χ0v) is 21.8. The minimum Gasteiger partial charge on any atom is -0.493 e. The molecule has 0 bridgehead atoms. The molecule has 188 valence electrons. The summed E-state index contributed by atoms with van der Waals surface area (Å²) < 4.78 is 18.3. The number of esters is 1. The number of carbonyl (C=O) groups is 1. The van der Waals surface area contributed by atoms with Crippen LogP contribution in [0.4, 0.5) is 0 Å². The van der Waals surface area contributed by atoms with Crippen LogP contribution in [0.15, 0.2) is 81.7 Å². The molecule has 7 nitrogen and oxygen atoms in total. The minimum atomic E-state index is -0.672. The van der Waals surface area contributed by atoms with E-state index in [0.717, 1.165) is 21.9 Å². The van der Waals surface area contributed by atoms with Crippen LogP contribution < -0.4 is 24.4 Å². The Hall–Kier alpha value is -4.17. The van der Waals surface area contributed by atoms with Crippen LogP contribution in [0.2, 0.25) is 0 Å². The Kier molecular flexibility index (Phi) is 6.67. The van der Waals surface area contributed by atoms with Gasteiger partial charge in [0.05, 0.1) is 42.7 Å². The lowest BCUT2D eigenvalue weighted by molar-refractivity contribution is -0.139. The molecule has 0 N–H and O–H groups in total. The van der Waals surface area contributed by atoms with Crippen molar-refractivity contribution in [3.8, 4) is 11.5 Å². The Labute approximate surface area is 217 Å². The van der Waals surface area contributed by atoms with E-state index in [1.807, 2.05) is 54.6 Å². The molecule has 1 aliphatic rings. The summed E-state index contributed by atoms with van der Waals surface area (Å²) in [6.07, 6.45) is 1.80. The first-order valence-electron chi connectivity index (χ1n) is 11.9. The summed E-state index contributed by atoms with van der Waals surface area (Å²) in [7, 11) is 3.14. The van der Waals surface area contributed by atoms with Crippen LogP contribution in [-0.2, 0) is 9.53 Å². The molecule has 5 rings (SSSR count). The fourth-order valence-electron chi connectivity index (χ4n) is 4.67. The van der Waals surface area contributed by atoms with Crippen LogP contribution >= 0.6 is 11.3 Å². The van der Waals surface area contributed by atoms with Gasteiger partial charge in [-0.3, -0.25) is 9.36 Å². The fourth-order valence-corrected chi connectivity index (χ4v) is 5.72. The van der Waals surface area contributed by atoms with Crippen molar-refractivity contribution in [2.24, 2.45) is 4.99 Å². The SMILES string of the molecule is CCOC(=O)C1=C(C)N=c2s/c(=C/c3ccc(OC)c(OC)c3)c(=O)n2[C@H]1c1cccc2ccccc12. The molecule has 2 heterocycles. The summed E-state index contributed by atoms with van der Waals surface area (Å²) in [5.74, 6) is 0.695. The molecular formula is C29H26N2O5S. The Balaban J connectivity index is 1.76. The van der Waals surface area contributed by atoms with Gasteiger partial charge in [0.2, 0.25) is 0 Å². The highest BCUT2D eigenvalue weighted by atomic mass is 32.1. The Morgan fingerprint density at radius 2 is 1.81 bits per heavy atom. The first-order valence-corrected chi connectivity index (χ1v) is 12.7. The van der Waals surface area contributed by atoms with Crippen LogP contribution in [0, 0.1) is 0 Å². The van der Waals surface area contributed by atoms with Gasteiger partial charge in [-0.25, -0.2) is 9.79 Å². The Bertz CT molecular complexity index is 1730. The summed E-state index contributed by atoms with van der Waals surface area (Å²) in [5, 5.41) is 1.98. The van der Waals surface area contributed by atoms with E-state index >= 15 is 0 Å². The summed E-state index contributed by atoms with van der Waals surface area (Å²) in [6.45, 7) is 3.77. The molecule has 37 heavy (non-hydrogen) atoms. The number of nitrogens with zero attached hydrogens (tertiary/aromatic N) is 2. The number of rotatable bonds is 6. The van der Waals surface area contributed by atoms with E-state index in [-0.39, 0.29) is 12.2 Å². The van der Waals surface area contributed by atoms with Crippen molar-refractivity contribution in [1.82, 2.24) is 4.57 Å². The van der Waals surface area contributed by atoms with Crippen LogP contribution in [0.1, 0.15) is 31.0 Å². The maximum atomic E-state index is 13.9. The van der Waals surface area contributed by atoms with Crippen molar-refractivity contribution < 1.29 is 19.0 Å². The number of aromatic nitrogens is 1. The zero-order valence-electron chi connectivity index (χ0n) is 21.0. The number of thiazole rings is 1. The van der Waals surface area contributed by atoms with Gasteiger partial charge in [0, 0.05) is 0 Å². The first-order chi connectivity index (χ1) is 18.0. The highest BCUT2D eigenvalue weighted by molar-refractivity contribution is 7.07. The summed E-state index contributed by atoms with van der Waals surface area (Å²) in [5.41, 5.74) is 2.30. The molecule has 0 fully saturated rings. The third-order valence-electron chi connectivity index (χ3n) is 6.34. The van der Waals surface area contributed by atoms with Gasteiger partial charge in [-0.15, -0.1) is 0 Å². The molecule has 0 saturated carbocycles. The molecule has 0 spiro atoms. The molecular weight excluding hydrogens is 488 g/mol. The second-order valence-corrected chi connectivity index (χ2v) is 9.49. The molecule has 0 aliphatic carbocycles. The number of hydrogen-bond acceptors (Lipinski definition) is 7. The van der Waals surface area contributed by atoms with Crippen molar-refractivity contribution in [2.45, 2.75) is 19.9 Å². The lowest BCUT2D eigenvalue weighted by Crippen LogP contribution is -2.40. The van der Waals surface area contributed by atoms with Crippen molar-refractivity contribution in [3.63, 3.8) is 0 Å². The third-order valence-corrected chi connectivity index (χ3v) is 7.32. The fraction of sp³-hybridized carbons (Fsp3) is 0.207. The van der Waals surface area contributed by atoms with Crippen LogP contribution in [0.5, 0.6) is 11.5 Å². The maximum Gasteiger partial charge on any atom is 0.338 e. The highest BCUT2D eigenvalue weighted by Crippen LogP contribution is 2.35. The molecule has 1 aromatic heterocycles. The zero-order chi connectivity index (χ0) is 26.1. The van der Waals surface area contributed by atoms with Gasteiger partial charge in [0.1, 0.15) is 0 Å². The van der Waals surface area contributed by atoms with E-state index in [9.17, 15) is 9.59 Å². The van der Waals surface area contributed by atoms with Crippen molar-refractivity contribution in [2.75, 3.05) is 20.8 Å². The van der Waals surface area contributed by atoms with Gasteiger partial charge in [-0.05, 0) is 54.0 Å². The number of hydrogen-bond donors (Lipinski definition) is 0. The topological polar surface area (TPSA) is 79.1 Å². The first kappa shape index (κ1) is 24.5. The molecule has 1 atom stereocenters. The number of carbonyl (C=O) groups excluding carboxylic acids is 1. The number of methoxy groups -OCH3 is 2. The molecule has 3 aromatic carbocycles. The van der Waals surface area contributed by atoms with Crippen LogP contribution in [-0.4, -0.2) is 31.4 Å². The van der Waals surface area contributed by atoms with Gasteiger partial charge in [-0.1, -0.05) is 59.9 Å². The molecule has 1 aliphatic heterocycles. The van der Waals surface area contributed by atoms with E-state index in [2.05, 4.69) is 4.99 Å². The maximum absolute atomic E-state index is 13.9. The van der Waals surface area contributed by atoms with Crippen molar-refractivity contribution in [1.29, 1.82) is 0 Å². The van der Waals surface area contributed by atoms with Crippen LogP contribution in [0.25, 0.3) is 16.8 Å². The lowest BCUT2D eigenvalue weighted by Gasteiger charge is -2.25. The molecule has 8 heteroatoms. The average molecular weight is 515 g/mol. The smallest absolute Gasteiger partial charge is 0.338 e. The van der Waals surface area contributed by atoms with Crippen molar-refractivity contribution >= 4 is 34.2 Å². The van der Waals surface area contributed by atoms with E-state index in [1.54, 1.807) is 44.8 Å². The monoisotopic (exact) mass is 514 g/mol. The Morgan fingerprint density at radius 1 is 1.05 bits per heavy atom. The summed E-state index contributed by atoms with van der Waals surface area (Å²) in [6, 6.07) is 18.6. The van der Waals surface area contributed by atoms with Gasteiger partial charge >= 0.3 is 5.97 Å². The predicted octanol–water partition coefficient (Wildman–Crippen LogP) is 3.97. The van der Waals surface area contributed by atoms with Crippen LogP contribution in [0.3, 0.4) is 0 Å². The lowest BCUT2D eigenvalue weighted by atomic mass is 9.91. The number of benzene rings is 3. The standard InChI is InChI=1S/C29H26N2O5S/c1-5-36-28(33)25-17(2)30-29-31(26(25)21-12-8-10-19-9-6-7-11-20(19)21)27(32)24(37-29)16-18-13-14-22(34-3)23(15-18)35-4/h6-16,26H,5H2,1-4H3/b24-16+/t26-/m0/s1. The van der Waals surface area contributed by atoms with E-state index in [0.29, 0.717) is 32.1 Å². The average Bonchev–Trinajstić information content (AvgIpc) is 3.21. The molecule has 0 unspecified atom stereocenters. The van der Waals surface area contributed by atoms with E-state index in [1.165, 1.54) is 11.3 Å². The van der Waals surface area contributed by atoms with Gasteiger partial charge in [0.15, 0.2) is 16.3 Å². The summed E-state index contributed by atoms with van der Waals surface area (Å²) >= 11 is 1.28. The van der Waals surface area contributed by atoms with Gasteiger partial charge in [-0.2, -0.15) is 0 Å². The van der Waals surface area contributed by atoms with E-state index in [4.69, 9.17) is 14.2 Å². The molecule has 0 radical (unpaired) electrons. The Morgan fingerprint density at radius 3 is 2.57 bits per heavy atom. The normalized spacial score (nSPS) is 15.4. The predicted molar refractivity (Wildman–Crippen MR) is 144 cm³/mol. The highest BCUT2D eigenvalue weighted by Gasteiger charge is 2.34. The second-order valence-electron chi connectivity index (χ2n) is 8.49. The number of ether oxygens (including phenoxy) is 3. The second kappa shape index (κ2) is 10.1. The molecule has 4 aromatic rings. The van der Waals surface area contributed by atoms with Gasteiger partial charge in [0.25, 0.3) is 5.56 Å². The minimum absolute atomic E-state index is 0.224. The molecule has 0 amide bonds. The largest absolute Gasteiger partial charge is 0.493 e. The van der Waals surface area contributed by atoms with Gasteiger partial charge < -0.3 is 14.2 Å². The quantitative estimate of drug-likeness (QED) is 0.364. The number of allylic oxidation sites excluding steroid dienone is 1. The summed E-state index contributed by atoms with van der Waals surface area (Å²) in [4.78, 5) is 32.3. The van der Waals surface area contributed by atoms with Crippen molar-refractivity contribution in [3.05, 3.63) is 103 Å². The third kappa shape index (κ3) is 4.34.